The van der Waals surface area contributed by atoms with Crippen molar-refractivity contribution >= 4 is 11.6 Å². The summed E-state index contributed by atoms with van der Waals surface area (Å²) in [6.07, 6.45) is -4.27. The molecule has 3 rings (SSSR count). The van der Waals surface area contributed by atoms with E-state index in [1.807, 2.05) is 24.3 Å². The Morgan fingerprint density at radius 1 is 1.00 bits per heavy atom. The molecule has 14 heteroatoms. The predicted octanol–water partition coefficient (Wildman–Crippen LogP) is -1.20. The van der Waals surface area contributed by atoms with Crippen molar-refractivity contribution in [2.24, 2.45) is 0 Å². The molecule has 14 nitrogen and oxygen atoms in total. The number of hydrogen-bond acceptors (Lipinski definition) is 12. The zero-order chi connectivity index (χ0) is 27.3. The van der Waals surface area contributed by atoms with E-state index in [2.05, 4.69) is 15.6 Å². The number of benzene rings is 1. The predicted molar refractivity (Wildman–Crippen MR) is 134 cm³/mol. The molecule has 0 aliphatic carbocycles. The molecule has 2 aromatic rings. The Morgan fingerprint density at radius 3 is 2.32 bits per heavy atom. The van der Waals surface area contributed by atoms with Crippen molar-refractivity contribution in [1.29, 1.82) is 0 Å². The van der Waals surface area contributed by atoms with Crippen LogP contribution in [0.1, 0.15) is 0 Å². The Kier molecular flexibility index (Phi) is 12.3. The van der Waals surface area contributed by atoms with Gasteiger partial charge < -0.3 is 49.7 Å². The van der Waals surface area contributed by atoms with Gasteiger partial charge in [-0.2, -0.15) is 0 Å². The fourth-order valence-electron chi connectivity index (χ4n) is 3.85. The number of aliphatic hydroxyl groups is 2. The fraction of sp³-hybridized carbons (Fsp3) is 0.625. The Balaban J connectivity index is 1.20. The highest BCUT2D eigenvalue weighted by molar-refractivity contribution is 5.81. The van der Waals surface area contributed by atoms with Crippen molar-refractivity contribution in [1.82, 2.24) is 20.3 Å². The summed E-state index contributed by atoms with van der Waals surface area (Å²) in [5.41, 5.74) is 8.30. The van der Waals surface area contributed by atoms with Gasteiger partial charge in [0.25, 0.3) is 5.91 Å². The van der Waals surface area contributed by atoms with E-state index < -0.39 is 36.6 Å². The van der Waals surface area contributed by atoms with E-state index in [0.29, 0.717) is 45.3 Å². The summed E-state index contributed by atoms with van der Waals surface area (Å²) in [6, 6.07) is 7.51. The first-order chi connectivity index (χ1) is 18.5. The third kappa shape index (κ3) is 8.41. The zero-order valence-electron chi connectivity index (χ0n) is 21.6. The number of nitrogen functional groups attached to an aromatic ring is 1. The minimum atomic E-state index is -1.33. The smallest absolute Gasteiger partial charge is 0.252 e. The van der Waals surface area contributed by atoms with E-state index >= 15 is 0 Å². The molecule has 1 aromatic heterocycles. The summed E-state index contributed by atoms with van der Waals surface area (Å²) >= 11 is 0. The number of rotatable bonds is 16. The van der Waals surface area contributed by atoms with Crippen LogP contribution in [0, 0.1) is 0 Å². The topological polar surface area (TPSA) is 182 Å². The van der Waals surface area contributed by atoms with Crippen LogP contribution in [0.15, 0.2) is 30.5 Å². The first kappa shape index (κ1) is 29.9. The number of hydrogen-bond donors (Lipinski definition) is 4. The van der Waals surface area contributed by atoms with Gasteiger partial charge in [-0.05, 0) is 12.1 Å². The largest absolute Gasteiger partial charge is 0.399 e. The molecule has 5 atom stereocenters. The van der Waals surface area contributed by atoms with Crippen LogP contribution < -0.4 is 11.1 Å². The molecule has 0 saturated carbocycles. The number of amides is 1. The Morgan fingerprint density at radius 2 is 1.66 bits per heavy atom. The minimum Gasteiger partial charge on any atom is -0.399 e. The van der Waals surface area contributed by atoms with Gasteiger partial charge in [-0.3, -0.25) is 4.79 Å². The number of anilines is 1. The van der Waals surface area contributed by atoms with Gasteiger partial charge in [0.05, 0.1) is 58.1 Å². The molecule has 1 amide bonds. The Labute approximate surface area is 220 Å². The molecular formula is C24H37N5O9. The number of carbonyl (C=O) groups excluding carboxylic acids is 1. The summed E-state index contributed by atoms with van der Waals surface area (Å²) in [4.78, 5) is 12.4. The number of methoxy groups -OCH3 is 2. The average Bonchev–Trinajstić information content (AvgIpc) is 3.39. The molecule has 0 spiro atoms. The van der Waals surface area contributed by atoms with Gasteiger partial charge >= 0.3 is 0 Å². The SMILES string of the molecule is CO[C@@H]1OC(C(=O)NCCOCCOCCOCCn2nncc2-c2ccc(N)cc2)[C@@H](OC)[C@H](O)[C@@H]1O. The molecule has 1 saturated heterocycles. The van der Waals surface area contributed by atoms with Gasteiger partial charge in [-0.25, -0.2) is 4.68 Å². The second-order valence-electron chi connectivity index (χ2n) is 8.43. The van der Waals surface area contributed by atoms with E-state index in [1.165, 1.54) is 14.2 Å². The van der Waals surface area contributed by atoms with E-state index in [-0.39, 0.29) is 13.2 Å². The van der Waals surface area contributed by atoms with Crippen LogP contribution in [0.2, 0.25) is 0 Å². The number of nitrogens with one attached hydrogen (secondary N) is 1. The van der Waals surface area contributed by atoms with Crippen molar-refractivity contribution in [3.63, 3.8) is 0 Å². The van der Waals surface area contributed by atoms with Crippen LogP contribution in [0.25, 0.3) is 11.3 Å². The summed E-state index contributed by atoms with van der Waals surface area (Å²) in [7, 11) is 2.63. The third-order valence-corrected chi connectivity index (χ3v) is 5.87. The van der Waals surface area contributed by atoms with Crippen LogP contribution in [-0.4, -0.2) is 122 Å². The average molecular weight is 540 g/mol. The lowest BCUT2D eigenvalue weighted by Gasteiger charge is -2.40. The van der Waals surface area contributed by atoms with Crippen LogP contribution in [0.5, 0.6) is 0 Å². The highest BCUT2D eigenvalue weighted by Crippen LogP contribution is 2.24. The van der Waals surface area contributed by atoms with E-state index in [1.54, 1.807) is 10.9 Å². The van der Waals surface area contributed by atoms with E-state index in [9.17, 15) is 15.0 Å². The second-order valence-corrected chi connectivity index (χ2v) is 8.43. The third-order valence-electron chi connectivity index (χ3n) is 5.87. The van der Waals surface area contributed by atoms with Gasteiger partial charge in [-0.15, -0.1) is 5.10 Å². The summed E-state index contributed by atoms with van der Waals surface area (Å²) in [5.74, 6) is -0.506. The van der Waals surface area contributed by atoms with Gasteiger partial charge in [0.15, 0.2) is 12.4 Å². The lowest BCUT2D eigenvalue weighted by molar-refractivity contribution is -0.287. The molecule has 212 valence electrons. The first-order valence-electron chi connectivity index (χ1n) is 12.3. The lowest BCUT2D eigenvalue weighted by Crippen LogP contribution is -2.62. The molecule has 1 aliphatic heterocycles. The number of aliphatic hydroxyl groups excluding tert-OH is 2. The first-order valence-corrected chi connectivity index (χ1v) is 12.3. The monoisotopic (exact) mass is 539 g/mol. The lowest BCUT2D eigenvalue weighted by atomic mass is 9.98. The maximum absolute atomic E-state index is 12.4. The highest BCUT2D eigenvalue weighted by Gasteiger charge is 2.47. The quantitative estimate of drug-likeness (QED) is 0.148. The van der Waals surface area contributed by atoms with E-state index in [0.717, 1.165) is 11.3 Å². The highest BCUT2D eigenvalue weighted by atomic mass is 16.7. The molecule has 0 radical (unpaired) electrons. The maximum atomic E-state index is 12.4. The molecule has 0 bridgehead atoms. The van der Waals surface area contributed by atoms with Crippen molar-refractivity contribution in [2.75, 3.05) is 66.1 Å². The van der Waals surface area contributed by atoms with Crippen molar-refractivity contribution in [3.8, 4) is 11.3 Å². The van der Waals surface area contributed by atoms with Crippen molar-refractivity contribution in [2.45, 2.75) is 37.3 Å². The number of ether oxygens (including phenoxy) is 6. The standard InChI is InChI=1S/C24H37N5O9/c1-33-21-19(30)20(31)24(34-2)38-22(21)23(32)26-7-9-35-11-13-37-14-12-36-10-8-29-18(15-27-28-29)16-3-5-17(25)6-4-16/h3-6,15,19-22,24,30-31H,7-14,25H2,1-2H3,(H,26,32)/t19-,20+,21+,22?,24-/m1/s1. The van der Waals surface area contributed by atoms with Crippen LogP contribution in [0.4, 0.5) is 5.69 Å². The Bertz CT molecular complexity index is 961. The van der Waals surface area contributed by atoms with Gasteiger partial charge in [0, 0.05) is 32.0 Å². The molecule has 38 heavy (non-hydrogen) atoms. The molecule has 1 unspecified atom stereocenters. The van der Waals surface area contributed by atoms with Gasteiger partial charge in [0.2, 0.25) is 0 Å². The normalized spacial score (nSPS) is 23.4. The summed E-state index contributed by atoms with van der Waals surface area (Å²) in [6.45, 7) is 3.04. The number of carbonyl (C=O) groups is 1. The van der Waals surface area contributed by atoms with Crippen LogP contribution >= 0.6 is 0 Å². The number of nitrogens with two attached hydrogens (primary N) is 1. The minimum absolute atomic E-state index is 0.217. The molecular weight excluding hydrogens is 502 g/mol. The second kappa shape index (κ2) is 15.7. The van der Waals surface area contributed by atoms with Crippen molar-refractivity contribution < 1.29 is 43.4 Å². The summed E-state index contributed by atoms with van der Waals surface area (Å²) in [5, 5.41) is 30.8. The fourth-order valence-corrected chi connectivity index (χ4v) is 3.85. The summed E-state index contributed by atoms with van der Waals surface area (Å²) < 4.78 is 33.9. The van der Waals surface area contributed by atoms with Crippen molar-refractivity contribution in [3.05, 3.63) is 30.5 Å². The van der Waals surface area contributed by atoms with Gasteiger partial charge in [0.1, 0.15) is 18.3 Å². The van der Waals surface area contributed by atoms with E-state index in [4.69, 9.17) is 34.2 Å². The molecule has 1 aliphatic rings. The number of nitrogens with zero attached hydrogens (tertiary/aromatic N) is 3. The Hall–Kier alpha value is -2.69. The molecule has 5 N–H and O–H groups in total. The molecule has 2 heterocycles. The van der Waals surface area contributed by atoms with Gasteiger partial charge in [-0.1, -0.05) is 17.3 Å². The van der Waals surface area contributed by atoms with Crippen LogP contribution in [0.3, 0.4) is 0 Å². The number of aromatic nitrogens is 3. The van der Waals surface area contributed by atoms with Crippen LogP contribution in [-0.2, 0) is 39.8 Å². The molecule has 1 fully saturated rings. The molecule has 1 aromatic carbocycles. The zero-order valence-corrected chi connectivity index (χ0v) is 21.6. The maximum Gasteiger partial charge on any atom is 0.252 e.